The average molecular weight is 293 g/mol. The number of benzene rings is 1. The lowest BCUT2D eigenvalue weighted by molar-refractivity contribution is -0.144. The molecule has 4 nitrogen and oxygen atoms in total. The van der Waals surface area contributed by atoms with Gasteiger partial charge in [-0.05, 0) is 39.2 Å². The highest BCUT2D eigenvalue weighted by Crippen LogP contribution is 2.29. The van der Waals surface area contributed by atoms with Crippen LogP contribution in [0, 0.1) is 12.8 Å². The quantitative estimate of drug-likeness (QED) is 0.746. The van der Waals surface area contributed by atoms with Gasteiger partial charge < -0.3 is 15.2 Å². The third kappa shape index (κ3) is 5.76. The summed E-state index contributed by atoms with van der Waals surface area (Å²) in [6, 6.07) is 5.90. The van der Waals surface area contributed by atoms with E-state index in [-0.39, 0.29) is 17.9 Å². The molecular weight excluding hydrogens is 266 g/mol. The largest absolute Gasteiger partial charge is 0.494 e. The van der Waals surface area contributed by atoms with E-state index < -0.39 is 0 Å². The topological polar surface area (TPSA) is 61.5 Å². The van der Waals surface area contributed by atoms with Gasteiger partial charge in [-0.1, -0.05) is 24.6 Å². The van der Waals surface area contributed by atoms with Gasteiger partial charge in [-0.2, -0.15) is 0 Å². The summed E-state index contributed by atoms with van der Waals surface area (Å²) >= 11 is 0. The molecule has 0 aliphatic rings. The molecule has 0 fully saturated rings. The Morgan fingerprint density at radius 2 is 2.00 bits per heavy atom. The molecule has 0 saturated heterocycles. The van der Waals surface area contributed by atoms with Gasteiger partial charge in [-0.3, -0.25) is 4.79 Å². The van der Waals surface area contributed by atoms with Crippen LogP contribution in [-0.4, -0.2) is 19.2 Å². The highest BCUT2D eigenvalue weighted by Gasteiger charge is 2.18. The number of ether oxygens (including phenoxy) is 2. The molecule has 21 heavy (non-hydrogen) atoms. The van der Waals surface area contributed by atoms with E-state index in [1.54, 1.807) is 0 Å². The van der Waals surface area contributed by atoms with Crippen molar-refractivity contribution >= 4 is 5.97 Å². The Morgan fingerprint density at radius 1 is 1.29 bits per heavy atom. The summed E-state index contributed by atoms with van der Waals surface area (Å²) in [5, 5.41) is 0. The van der Waals surface area contributed by atoms with Crippen molar-refractivity contribution in [3.63, 3.8) is 0 Å². The van der Waals surface area contributed by atoms with Crippen molar-refractivity contribution in [2.24, 2.45) is 11.7 Å². The normalized spacial score (nSPS) is 13.6. The molecule has 118 valence electrons. The Balaban J connectivity index is 2.72. The zero-order valence-electron chi connectivity index (χ0n) is 13.5. The van der Waals surface area contributed by atoms with E-state index >= 15 is 0 Å². The second kappa shape index (κ2) is 8.67. The van der Waals surface area contributed by atoms with Crippen LogP contribution in [0.1, 0.15) is 50.8 Å². The van der Waals surface area contributed by atoms with Gasteiger partial charge in [0.15, 0.2) is 0 Å². The number of esters is 1. The summed E-state index contributed by atoms with van der Waals surface area (Å²) in [6.45, 7) is 8.86. The standard InChI is InChI=1S/C17H27NO3/c1-5-20-16-8-7-12(3)9-14(16)15(18)10-13(4)11-17(19)21-6-2/h7-9,13,15H,5-6,10-11,18H2,1-4H3. The fraction of sp³-hybridized carbons (Fsp3) is 0.588. The second-order valence-electron chi connectivity index (χ2n) is 5.43. The zero-order valence-corrected chi connectivity index (χ0v) is 13.5. The fourth-order valence-electron chi connectivity index (χ4n) is 2.39. The maximum absolute atomic E-state index is 11.5. The molecule has 2 N–H and O–H groups in total. The Morgan fingerprint density at radius 3 is 2.62 bits per heavy atom. The van der Waals surface area contributed by atoms with Gasteiger partial charge in [0.05, 0.1) is 13.2 Å². The van der Waals surface area contributed by atoms with Crippen LogP contribution in [0.4, 0.5) is 0 Å². The van der Waals surface area contributed by atoms with E-state index in [9.17, 15) is 4.79 Å². The molecule has 0 aliphatic heterocycles. The highest BCUT2D eigenvalue weighted by molar-refractivity contribution is 5.69. The first-order chi connectivity index (χ1) is 9.97. The van der Waals surface area contributed by atoms with Gasteiger partial charge in [-0.15, -0.1) is 0 Å². The molecule has 0 bridgehead atoms. The molecule has 1 aromatic rings. The van der Waals surface area contributed by atoms with Crippen molar-refractivity contribution in [2.75, 3.05) is 13.2 Å². The molecule has 4 heteroatoms. The molecule has 0 saturated carbocycles. The lowest BCUT2D eigenvalue weighted by atomic mass is 9.93. The Labute approximate surface area is 127 Å². The van der Waals surface area contributed by atoms with E-state index in [4.69, 9.17) is 15.2 Å². The lowest BCUT2D eigenvalue weighted by Crippen LogP contribution is -2.18. The minimum Gasteiger partial charge on any atom is -0.494 e. The van der Waals surface area contributed by atoms with Crippen molar-refractivity contribution in [1.29, 1.82) is 0 Å². The maximum Gasteiger partial charge on any atom is 0.306 e. The van der Waals surface area contributed by atoms with Crippen molar-refractivity contribution in [3.05, 3.63) is 29.3 Å². The Bertz CT molecular complexity index is 459. The summed E-state index contributed by atoms with van der Waals surface area (Å²) in [6.07, 6.45) is 1.12. The Kier molecular flexibility index (Phi) is 7.23. The first-order valence-electron chi connectivity index (χ1n) is 7.62. The summed E-state index contributed by atoms with van der Waals surface area (Å²) in [4.78, 5) is 11.5. The van der Waals surface area contributed by atoms with Crippen LogP contribution < -0.4 is 10.5 Å². The molecule has 2 atom stereocenters. The predicted octanol–water partition coefficient (Wildman–Crippen LogP) is 3.37. The molecule has 0 spiro atoms. The molecule has 0 amide bonds. The van der Waals surface area contributed by atoms with Crippen LogP contribution in [0.5, 0.6) is 5.75 Å². The van der Waals surface area contributed by atoms with Crippen molar-refractivity contribution in [3.8, 4) is 5.75 Å². The third-order valence-corrected chi connectivity index (χ3v) is 3.34. The van der Waals surface area contributed by atoms with Crippen LogP contribution in [-0.2, 0) is 9.53 Å². The van der Waals surface area contributed by atoms with E-state index in [1.165, 1.54) is 0 Å². The summed E-state index contributed by atoms with van der Waals surface area (Å²) < 4.78 is 10.6. The zero-order chi connectivity index (χ0) is 15.8. The summed E-state index contributed by atoms with van der Waals surface area (Å²) in [5.41, 5.74) is 8.48. The average Bonchev–Trinajstić information content (AvgIpc) is 2.40. The van der Waals surface area contributed by atoms with Gasteiger partial charge in [0.25, 0.3) is 0 Å². The number of nitrogens with two attached hydrogens (primary N) is 1. The molecule has 0 radical (unpaired) electrons. The third-order valence-electron chi connectivity index (χ3n) is 3.34. The fourth-order valence-corrected chi connectivity index (χ4v) is 2.39. The van der Waals surface area contributed by atoms with Crippen LogP contribution >= 0.6 is 0 Å². The molecule has 0 heterocycles. The monoisotopic (exact) mass is 293 g/mol. The lowest BCUT2D eigenvalue weighted by Gasteiger charge is -2.20. The molecule has 1 aromatic carbocycles. The van der Waals surface area contributed by atoms with Gasteiger partial charge in [0.2, 0.25) is 0 Å². The summed E-state index contributed by atoms with van der Waals surface area (Å²) in [7, 11) is 0. The van der Waals surface area contributed by atoms with Crippen LogP contribution in [0.3, 0.4) is 0 Å². The van der Waals surface area contributed by atoms with E-state index in [0.717, 1.165) is 23.3 Å². The molecule has 1 rings (SSSR count). The first-order valence-corrected chi connectivity index (χ1v) is 7.62. The number of carbonyl (C=O) groups excluding carboxylic acids is 1. The van der Waals surface area contributed by atoms with Gasteiger partial charge >= 0.3 is 5.97 Å². The van der Waals surface area contributed by atoms with E-state index in [0.29, 0.717) is 19.6 Å². The Hall–Kier alpha value is -1.55. The van der Waals surface area contributed by atoms with Crippen molar-refractivity contribution in [1.82, 2.24) is 0 Å². The molecule has 0 aromatic heterocycles. The van der Waals surface area contributed by atoms with Gasteiger partial charge in [0, 0.05) is 18.0 Å². The number of hydrogen-bond acceptors (Lipinski definition) is 4. The molecule has 0 aliphatic carbocycles. The van der Waals surface area contributed by atoms with Crippen LogP contribution in [0.2, 0.25) is 0 Å². The van der Waals surface area contributed by atoms with E-state index in [2.05, 4.69) is 6.07 Å². The van der Waals surface area contributed by atoms with Crippen LogP contribution in [0.25, 0.3) is 0 Å². The number of aryl methyl sites for hydroxylation is 1. The minimum absolute atomic E-state index is 0.143. The summed E-state index contributed by atoms with van der Waals surface area (Å²) in [5.74, 6) is 0.847. The predicted molar refractivity (Wildman–Crippen MR) is 84.3 cm³/mol. The highest BCUT2D eigenvalue weighted by atomic mass is 16.5. The minimum atomic E-state index is -0.161. The van der Waals surface area contributed by atoms with Crippen LogP contribution in [0.15, 0.2) is 18.2 Å². The maximum atomic E-state index is 11.5. The molecule has 2 unspecified atom stereocenters. The second-order valence-corrected chi connectivity index (χ2v) is 5.43. The van der Waals surface area contributed by atoms with Gasteiger partial charge in [-0.25, -0.2) is 0 Å². The molecular formula is C17H27NO3. The van der Waals surface area contributed by atoms with Gasteiger partial charge in [0.1, 0.15) is 5.75 Å². The van der Waals surface area contributed by atoms with Crippen molar-refractivity contribution < 1.29 is 14.3 Å². The number of rotatable bonds is 8. The first kappa shape index (κ1) is 17.5. The SMILES string of the molecule is CCOC(=O)CC(C)CC(N)c1cc(C)ccc1OCC. The number of carbonyl (C=O) groups is 1. The van der Waals surface area contributed by atoms with Crippen molar-refractivity contribution in [2.45, 2.75) is 46.6 Å². The van der Waals surface area contributed by atoms with E-state index in [1.807, 2.05) is 39.8 Å². The smallest absolute Gasteiger partial charge is 0.306 e. The number of hydrogen-bond donors (Lipinski definition) is 1.